The monoisotopic (exact) mass is 231 g/mol. The van der Waals surface area contributed by atoms with Gasteiger partial charge in [0, 0.05) is 6.07 Å². The molecule has 0 aliphatic carbocycles. The number of aryl methyl sites for hydroxylation is 1. The van der Waals surface area contributed by atoms with E-state index in [1.54, 1.807) is 0 Å². The molecule has 0 atom stereocenters. The molecule has 0 spiro atoms. The Morgan fingerprint density at radius 2 is 2.12 bits per heavy atom. The van der Waals surface area contributed by atoms with Crippen LogP contribution in [0.2, 0.25) is 0 Å². The van der Waals surface area contributed by atoms with Crippen LogP contribution in [0, 0.1) is 17.0 Å². The van der Waals surface area contributed by atoms with Crippen molar-refractivity contribution in [2.45, 2.75) is 13.5 Å². The predicted molar refractivity (Wildman–Crippen MR) is 49.9 cm³/mol. The number of alkyl halides is 2. The van der Waals surface area contributed by atoms with Gasteiger partial charge in [-0.3, -0.25) is 14.9 Å². The molecule has 0 bridgehead atoms. The van der Waals surface area contributed by atoms with Crippen molar-refractivity contribution in [2.75, 3.05) is 0 Å². The second kappa shape index (κ2) is 4.65. The Morgan fingerprint density at radius 3 is 2.56 bits per heavy atom. The van der Waals surface area contributed by atoms with Crippen LogP contribution in [0.4, 0.5) is 14.5 Å². The fourth-order valence-electron chi connectivity index (χ4n) is 1.16. The molecule has 0 aliphatic rings. The van der Waals surface area contributed by atoms with Gasteiger partial charge in [0.15, 0.2) is 6.29 Å². The molecular formula is C9H7F2NO4. The first kappa shape index (κ1) is 12.0. The minimum absolute atomic E-state index is 0.164. The zero-order valence-corrected chi connectivity index (χ0v) is 8.15. The number of benzene rings is 1. The Hall–Kier alpha value is -2.05. The van der Waals surface area contributed by atoms with Gasteiger partial charge in [0.05, 0.1) is 10.5 Å². The van der Waals surface area contributed by atoms with Gasteiger partial charge in [-0.05, 0) is 18.6 Å². The molecule has 7 heteroatoms. The van der Waals surface area contributed by atoms with Gasteiger partial charge in [-0.1, -0.05) is 0 Å². The molecule has 0 unspecified atom stereocenters. The Kier molecular flexibility index (Phi) is 3.49. The van der Waals surface area contributed by atoms with Gasteiger partial charge in [-0.25, -0.2) is 0 Å². The first-order valence-electron chi connectivity index (χ1n) is 4.14. The Morgan fingerprint density at radius 1 is 1.50 bits per heavy atom. The van der Waals surface area contributed by atoms with Crippen molar-refractivity contribution in [1.29, 1.82) is 0 Å². The summed E-state index contributed by atoms with van der Waals surface area (Å²) in [6.07, 6.45) is 0.218. The van der Waals surface area contributed by atoms with E-state index in [0.717, 1.165) is 12.1 Å². The highest BCUT2D eigenvalue weighted by Gasteiger charge is 2.18. The molecule has 0 N–H and O–H groups in total. The summed E-state index contributed by atoms with van der Waals surface area (Å²) in [5.41, 5.74) is -0.571. The molecule has 0 aliphatic heterocycles. The third kappa shape index (κ3) is 2.50. The summed E-state index contributed by atoms with van der Waals surface area (Å²) in [7, 11) is 0. The van der Waals surface area contributed by atoms with Gasteiger partial charge in [0.25, 0.3) is 5.69 Å². The fraction of sp³-hybridized carbons (Fsp3) is 0.222. The van der Waals surface area contributed by atoms with Crippen LogP contribution in [0.3, 0.4) is 0 Å². The highest BCUT2D eigenvalue weighted by Crippen LogP contribution is 2.28. The number of ether oxygens (including phenoxy) is 1. The highest BCUT2D eigenvalue weighted by atomic mass is 19.3. The summed E-state index contributed by atoms with van der Waals surface area (Å²) >= 11 is 0. The Bertz CT molecular complexity index is 434. The predicted octanol–water partition coefficient (Wildman–Crippen LogP) is 2.32. The molecule has 1 rings (SSSR count). The quantitative estimate of drug-likeness (QED) is 0.453. The molecule has 0 amide bonds. The zero-order chi connectivity index (χ0) is 12.3. The van der Waals surface area contributed by atoms with E-state index in [1.165, 1.54) is 6.92 Å². The lowest BCUT2D eigenvalue weighted by molar-refractivity contribution is -0.385. The third-order valence-corrected chi connectivity index (χ3v) is 1.86. The van der Waals surface area contributed by atoms with Crippen LogP contribution in [0.25, 0.3) is 0 Å². The Balaban J connectivity index is 3.25. The summed E-state index contributed by atoms with van der Waals surface area (Å²) < 4.78 is 28.0. The number of carbonyl (C=O) groups is 1. The van der Waals surface area contributed by atoms with Crippen LogP contribution in [0.1, 0.15) is 15.9 Å². The molecule has 0 radical (unpaired) electrons. The van der Waals surface area contributed by atoms with E-state index in [0.29, 0.717) is 0 Å². The SMILES string of the molecule is Cc1cc([N+](=O)[O-])c(C=O)cc1OC(F)F. The van der Waals surface area contributed by atoms with Crippen LogP contribution in [-0.2, 0) is 0 Å². The molecule has 0 saturated carbocycles. The fourth-order valence-corrected chi connectivity index (χ4v) is 1.16. The molecule has 5 nitrogen and oxygen atoms in total. The molecule has 16 heavy (non-hydrogen) atoms. The van der Waals surface area contributed by atoms with Gasteiger partial charge < -0.3 is 4.74 Å². The summed E-state index contributed by atoms with van der Waals surface area (Å²) in [6, 6.07) is 1.94. The lowest BCUT2D eigenvalue weighted by Crippen LogP contribution is -2.05. The van der Waals surface area contributed by atoms with E-state index >= 15 is 0 Å². The van der Waals surface area contributed by atoms with Gasteiger partial charge in [-0.2, -0.15) is 8.78 Å². The minimum Gasteiger partial charge on any atom is -0.435 e. The van der Waals surface area contributed by atoms with E-state index in [2.05, 4.69) is 4.74 Å². The molecule has 0 saturated heterocycles. The van der Waals surface area contributed by atoms with E-state index < -0.39 is 17.2 Å². The van der Waals surface area contributed by atoms with Gasteiger partial charge in [-0.15, -0.1) is 0 Å². The molecule has 86 valence electrons. The smallest absolute Gasteiger partial charge is 0.387 e. The standard InChI is InChI=1S/C9H7F2NO4/c1-5-2-7(12(14)15)6(4-13)3-8(5)16-9(10)11/h2-4,9H,1H3. The number of carbonyl (C=O) groups excluding carboxylic acids is 1. The van der Waals surface area contributed by atoms with E-state index in [4.69, 9.17) is 0 Å². The summed E-state index contributed by atoms with van der Waals surface area (Å²) in [6.45, 7) is -1.67. The topological polar surface area (TPSA) is 69.4 Å². The van der Waals surface area contributed by atoms with Crippen LogP contribution < -0.4 is 4.74 Å². The number of nitro benzene ring substituents is 1. The van der Waals surface area contributed by atoms with E-state index in [1.807, 2.05) is 0 Å². The zero-order valence-electron chi connectivity index (χ0n) is 8.15. The van der Waals surface area contributed by atoms with Gasteiger partial charge in [0.1, 0.15) is 5.75 Å². The molecule has 0 aromatic heterocycles. The normalized spacial score (nSPS) is 10.2. The number of hydrogen-bond donors (Lipinski definition) is 0. The van der Waals surface area contributed by atoms with E-state index in [9.17, 15) is 23.7 Å². The number of hydrogen-bond acceptors (Lipinski definition) is 4. The van der Waals surface area contributed by atoms with E-state index in [-0.39, 0.29) is 23.2 Å². The molecular weight excluding hydrogens is 224 g/mol. The maximum Gasteiger partial charge on any atom is 0.387 e. The summed E-state index contributed by atoms with van der Waals surface area (Å²) in [5, 5.41) is 10.5. The van der Waals surface area contributed by atoms with Crippen molar-refractivity contribution >= 4 is 12.0 Å². The highest BCUT2D eigenvalue weighted by molar-refractivity contribution is 5.82. The van der Waals surface area contributed by atoms with Crippen molar-refractivity contribution < 1.29 is 23.2 Å². The molecule has 1 aromatic carbocycles. The van der Waals surface area contributed by atoms with Crippen molar-refractivity contribution in [3.63, 3.8) is 0 Å². The van der Waals surface area contributed by atoms with Gasteiger partial charge >= 0.3 is 6.61 Å². The lowest BCUT2D eigenvalue weighted by atomic mass is 10.1. The van der Waals surface area contributed by atoms with Crippen molar-refractivity contribution in [1.82, 2.24) is 0 Å². The molecule has 1 aromatic rings. The van der Waals surface area contributed by atoms with Crippen LogP contribution in [-0.4, -0.2) is 17.8 Å². The lowest BCUT2D eigenvalue weighted by Gasteiger charge is -2.08. The average Bonchev–Trinajstić information content (AvgIpc) is 2.19. The number of halogens is 2. The van der Waals surface area contributed by atoms with Crippen molar-refractivity contribution in [3.05, 3.63) is 33.4 Å². The third-order valence-electron chi connectivity index (χ3n) is 1.86. The minimum atomic E-state index is -3.04. The largest absolute Gasteiger partial charge is 0.435 e. The number of nitro groups is 1. The summed E-state index contributed by atoms with van der Waals surface area (Å²) in [5.74, 6) is -0.247. The first-order chi connectivity index (χ1) is 7.45. The summed E-state index contributed by atoms with van der Waals surface area (Å²) in [4.78, 5) is 20.3. The number of nitrogens with zero attached hydrogens (tertiary/aromatic N) is 1. The average molecular weight is 231 g/mol. The number of rotatable bonds is 4. The number of aldehydes is 1. The second-order valence-electron chi connectivity index (χ2n) is 2.93. The molecule has 0 heterocycles. The first-order valence-corrected chi connectivity index (χ1v) is 4.14. The van der Waals surface area contributed by atoms with Crippen LogP contribution in [0.15, 0.2) is 12.1 Å². The maximum absolute atomic E-state index is 12.0. The van der Waals surface area contributed by atoms with Gasteiger partial charge in [0.2, 0.25) is 0 Å². The van der Waals surface area contributed by atoms with Crippen LogP contribution >= 0.6 is 0 Å². The van der Waals surface area contributed by atoms with Crippen LogP contribution in [0.5, 0.6) is 5.75 Å². The molecule has 0 fully saturated rings. The Labute approximate surface area is 88.8 Å². The second-order valence-corrected chi connectivity index (χ2v) is 2.93. The van der Waals surface area contributed by atoms with Crippen molar-refractivity contribution in [2.24, 2.45) is 0 Å². The maximum atomic E-state index is 12.0. The van der Waals surface area contributed by atoms with Crippen molar-refractivity contribution in [3.8, 4) is 5.75 Å².